The van der Waals surface area contributed by atoms with Crippen LogP contribution in [-0.2, 0) is 11.2 Å². The number of methoxy groups -OCH3 is 1. The number of benzene rings is 1. The number of ether oxygens (including phenoxy) is 1. The normalized spacial score (nSPS) is 10.2. The number of aromatic nitrogens is 2. The maximum absolute atomic E-state index is 12.2. The monoisotopic (exact) mass is 286 g/mol. The largest absolute Gasteiger partial charge is 0.384 e. The first-order valence-electron chi connectivity index (χ1n) is 6.62. The zero-order valence-electron chi connectivity index (χ0n) is 12.1. The van der Waals surface area contributed by atoms with Crippen molar-refractivity contribution in [2.75, 3.05) is 31.4 Å². The second-order valence-electron chi connectivity index (χ2n) is 4.39. The van der Waals surface area contributed by atoms with Crippen molar-refractivity contribution in [1.29, 1.82) is 0 Å². The van der Waals surface area contributed by atoms with Crippen LogP contribution in [0.25, 0.3) is 0 Å². The molecule has 1 aromatic heterocycles. The lowest BCUT2D eigenvalue weighted by Gasteiger charge is -2.10. The van der Waals surface area contributed by atoms with Gasteiger partial charge in [0.05, 0.1) is 19.0 Å². The lowest BCUT2D eigenvalue weighted by molar-refractivity contribution is 0.102. The first-order valence-corrected chi connectivity index (χ1v) is 6.62. The number of anilines is 2. The van der Waals surface area contributed by atoms with E-state index in [9.17, 15) is 4.79 Å². The number of hydrogen-bond acceptors (Lipinski definition) is 5. The third kappa shape index (κ3) is 4.00. The third-order valence-electron chi connectivity index (χ3n) is 2.96. The zero-order chi connectivity index (χ0) is 15.1. The number of carbonyl (C=O) groups is 1. The summed E-state index contributed by atoms with van der Waals surface area (Å²) in [7, 11) is 3.38. The molecule has 2 rings (SSSR count). The van der Waals surface area contributed by atoms with E-state index < -0.39 is 0 Å². The molecule has 6 heteroatoms. The van der Waals surface area contributed by atoms with Crippen LogP contribution < -0.4 is 10.6 Å². The van der Waals surface area contributed by atoms with Crippen LogP contribution in [0.5, 0.6) is 0 Å². The number of hydrogen-bond donors (Lipinski definition) is 2. The van der Waals surface area contributed by atoms with Gasteiger partial charge in [0.2, 0.25) is 0 Å². The van der Waals surface area contributed by atoms with Crippen LogP contribution >= 0.6 is 0 Å². The standard InChI is InChI=1S/C15H18N4O2/c1-16-14-10-17-9-13(18-14)15(20)19-12-6-4-3-5-11(12)7-8-21-2/h3-6,9-10H,7-8H2,1-2H3,(H,16,18)(H,19,20). The molecule has 0 spiro atoms. The molecule has 1 heterocycles. The highest BCUT2D eigenvalue weighted by Crippen LogP contribution is 2.16. The molecular formula is C15H18N4O2. The van der Waals surface area contributed by atoms with E-state index in [0.717, 1.165) is 17.7 Å². The highest BCUT2D eigenvalue weighted by molar-refractivity contribution is 6.03. The summed E-state index contributed by atoms with van der Waals surface area (Å²) in [6, 6.07) is 7.63. The number of nitrogens with zero attached hydrogens (tertiary/aromatic N) is 2. The van der Waals surface area contributed by atoms with Gasteiger partial charge >= 0.3 is 0 Å². The highest BCUT2D eigenvalue weighted by atomic mass is 16.5. The van der Waals surface area contributed by atoms with Gasteiger partial charge in [0, 0.05) is 19.8 Å². The van der Waals surface area contributed by atoms with Crippen molar-refractivity contribution < 1.29 is 9.53 Å². The number of amides is 1. The van der Waals surface area contributed by atoms with Crippen molar-refractivity contribution in [2.45, 2.75) is 6.42 Å². The van der Waals surface area contributed by atoms with Crippen LogP contribution in [0.1, 0.15) is 16.1 Å². The van der Waals surface area contributed by atoms with E-state index in [1.165, 1.54) is 6.20 Å². The second kappa shape index (κ2) is 7.35. The fourth-order valence-electron chi connectivity index (χ4n) is 1.85. The molecule has 0 bridgehead atoms. The van der Waals surface area contributed by atoms with Crippen molar-refractivity contribution in [1.82, 2.24) is 9.97 Å². The quantitative estimate of drug-likeness (QED) is 0.849. The van der Waals surface area contributed by atoms with Crippen molar-refractivity contribution in [2.24, 2.45) is 0 Å². The summed E-state index contributed by atoms with van der Waals surface area (Å²) in [5.41, 5.74) is 2.05. The van der Waals surface area contributed by atoms with Gasteiger partial charge in [-0.25, -0.2) is 4.98 Å². The van der Waals surface area contributed by atoms with E-state index in [1.54, 1.807) is 20.4 Å². The van der Waals surface area contributed by atoms with E-state index in [1.807, 2.05) is 24.3 Å². The van der Waals surface area contributed by atoms with Crippen molar-refractivity contribution in [3.05, 3.63) is 47.9 Å². The summed E-state index contributed by atoms with van der Waals surface area (Å²) >= 11 is 0. The summed E-state index contributed by atoms with van der Waals surface area (Å²) in [5, 5.41) is 5.72. The second-order valence-corrected chi connectivity index (χ2v) is 4.39. The molecule has 1 aromatic carbocycles. The van der Waals surface area contributed by atoms with Gasteiger partial charge in [0.25, 0.3) is 5.91 Å². The first kappa shape index (κ1) is 14.9. The predicted octanol–water partition coefficient (Wildman–Crippen LogP) is 1.96. The van der Waals surface area contributed by atoms with Gasteiger partial charge < -0.3 is 15.4 Å². The lowest BCUT2D eigenvalue weighted by atomic mass is 10.1. The minimum absolute atomic E-state index is 0.267. The van der Waals surface area contributed by atoms with E-state index in [4.69, 9.17) is 4.74 Å². The van der Waals surface area contributed by atoms with Crippen molar-refractivity contribution in [3.8, 4) is 0 Å². The third-order valence-corrected chi connectivity index (χ3v) is 2.96. The Morgan fingerprint density at radius 1 is 1.29 bits per heavy atom. The minimum Gasteiger partial charge on any atom is -0.384 e. The Kier molecular flexibility index (Phi) is 5.22. The molecule has 6 nitrogen and oxygen atoms in total. The molecule has 2 N–H and O–H groups in total. The molecule has 0 aliphatic carbocycles. The van der Waals surface area contributed by atoms with Gasteiger partial charge in [-0.2, -0.15) is 0 Å². The van der Waals surface area contributed by atoms with E-state index in [0.29, 0.717) is 12.4 Å². The van der Waals surface area contributed by atoms with Crippen LogP contribution in [0.3, 0.4) is 0 Å². The van der Waals surface area contributed by atoms with E-state index >= 15 is 0 Å². The molecule has 21 heavy (non-hydrogen) atoms. The van der Waals surface area contributed by atoms with Crippen LogP contribution in [0, 0.1) is 0 Å². The van der Waals surface area contributed by atoms with Gasteiger partial charge in [0.1, 0.15) is 11.5 Å². The van der Waals surface area contributed by atoms with Gasteiger partial charge in [0.15, 0.2) is 0 Å². The van der Waals surface area contributed by atoms with Crippen LogP contribution in [-0.4, -0.2) is 36.6 Å². The van der Waals surface area contributed by atoms with Crippen LogP contribution in [0.4, 0.5) is 11.5 Å². The maximum Gasteiger partial charge on any atom is 0.275 e. The number of nitrogens with one attached hydrogen (secondary N) is 2. The van der Waals surface area contributed by atoms with Crippen LogP contribution in [0.15, 0.2) is 36.7 Å². The molecule has 0 atom stereocenters. The Balaban J connectivity index is 2.15. The topological polar surface area (TPSA) is 76.1 Å². The molecule has 0 aliphatic rings. The fraction of sp³-hybridized carbons (Fsp3) is 0.267. The summed E-state index contributed by atoms with van der Waals surface area (Å²) < 4.78 is 5.08. The average Bonchev–Trinajstić information content (AvgIpc) is 2.54. The van der Waals surface area contributed by atoms with Crippen molar-refractivity contribution >= 4 is 17.4 Å². The Bertz CT molecular complexity index is 616. The Morgan fingerprint density at radius 3 is 2.86 bits per heavy atom. The lowest BCUT2D eigenvalue weighted by Crippen LogP contribution is -2.16. The molecular weight excluding hydrogens is 268 g/mol. The molecule has 2 aromatic rings. The first-order chi connectivity index (χ1) is 10.2. The van der Waals surface area contributed by atoms with Gasteiger partial charge in [-0.15, -0.1) is 0 Å². The van der Waals surface area contributed by atoms with Crippen molar-refractivity contribution in [3.63, 3.8) is 0 Å². The highest BCUT2D eigenvalue weighted by Gasteiger charge is 2.11. The van der Waals surface area contributed by atoms with Crippen LogP contribution in [0.2, 0.25) is 0 Å². The summed E-state index contributed by atoms with van der Waals surface area (Å²) in [6.07, 6.45) is 3.73. The Morgan fingerprint density at radius 2 is 2.10 bits per heavy atom. The van der Waals surface area contributed by atoms with Gasteiger partial charge in [-0.05, 0) is 18.1 Å². The maximum atomic E-state index is 12.2. The molecule has 0 unspecified atom stereocenters. The molecule has 0 saturated carbocycles. The molecule has 0 fully saturated rings. The average molecular weight is 286 g/mol. The van der Waals surface area contributed by atoms with Gasteiger partial charge in [-0.3, -0.25) is 9.78 Å². The predicted molar refractivity (Wildman–Crippen MR) is 81.6 cm³/mol. The van der Waals surface area contributed by atoms with E-state index in [2.05, 4.69) is 20.6 Å². The number of carbonyl (C=O) groups excluding carboxylic acids is 1. The fourth-order valence-corrected chi connectivity index (χ4v) is 1.85. The van der Waals surface area contributed by atoms with E-state index in [-0.39, 0.29) is 11.6 Å². The smallest absolute Gasteiger partial charge is 0.275 e. The molecule has 110 valence electrons. The minimum atomic E-state index is -0.288. The zero-order valence-corrected chi connectivity index (χ0v) is 12.1. The molecule has 1 amide bonds. The summed E-state index contributed by atoms with van der Waals surface area (Å²) in [5.74, 6) is 0.264. The summed E-state index contributed by atoms with van der Waals surface area (Å²) in [4.78, 5) is 20.4. The van der Waals surface area contributed by atoms with Gasteiger partial charge in [-0.1, -0.05) is 18.2 Å². The number of rotatable bonds is 6. The summed E-state index contributed by atoms with van der Waals surface area (Å²) in [6.45, 7) is 0.599. The molecule has 0 saturated heterocycles. The Labute approximate surface area is 123 Å². The Hall–Kier alpha value is -2.47. The number of para-hydroxylation sites is 1. The SMILES string of the molecule is CNc1cncc(C(=O)Nc2ccccc2CCOC)n1. The molecule has 0 radical (unpaired) electrons. The molecule has 0 aliphatic heterocycles.